The van der Waals surface area contributed by atoms with Crippen LogP contribution in [0.4, 0.5) is 0 Å². The van der Waals surface area contributed by atoms with Gasteiger partial charge in [0.2, 0.25) is 0 Å². The van der Waals surface area contributed by atoms with Crippen LogP contribution in [0, 0.1) is 5.92 Å². The van der Waals surface area contributed by atoms with Crippen molar-refractivity contribution in [2.45, 2.75) is 26.3 Å². The predicted octanol–water partition coefficient (Wildman–Crippen LogP) is 1.89. The Balaban J connectivity index is 2.51. The van der Waals surface area contributed by atoms with Crippen LogP contribution in [0.25, 0.3) is 0 Å². The van der Waals surface area contributed by atoms with Gasteiger partial charge in [0.15, 0.2) is 0 Å². The Bertz CT molecular complexity index is 401. The molecule has 20 heavy (non-hydrogen) atoms. The average molecular weight is 278 g/mol. The zero-order valence-corrected chi connectivity index (χ0v) is 12.7. The molecule has 0 bridgehead atoms. The molecule has 0 spiro atoms. The van der Waals surface area contributed by atoms with Crippen LogP contribution >= 0.6 is 0 Å². The van der Waals surface area contributed by atoms with Gasteiger partial charge in [0.05, 0.1) is 0 Å². The molecule has 1 aromatic carbocycles. The van der Waals surface area contributed by atoms with Crippen LogP contribution in [0.5, 0.6) is 0 Å². The van der Waals surface area contributed by atoms with Crippen molar-refractivity contribution >= 4 is 5.91 Å². The first-order valence-electron chi connectivity index (χ1n) is 7.19. The van der Waals surface area contributed by atoms with E-state index in [0.29, 0.717) is 18.0 Å². The second-order valence-corrected chi connectivity index (χ2v) is 5.43. The second kappa shape index (κ2) is 8.72. The highest BCUT2D eigenvalue weighted by Crippen LogP contribution is 2.08. The van der Waals surface area contributed by atoms with Gasteiger partial charge < -0.3 is 15.3 Å². The first-order valence-corrected chi connectivity index (χ1v) is 7.19. The maximum atomic E-state index is 12.0. The maximum absolute atomic E-state index is 12.0. The van der Waals surface area contributed by atoms with Crippen LogP contribution < -0.4 is 5.32 Å². The van der Waals surface area contributed by atoms with Gasteiger partial charge in [0, 0.05) is 25.3 Å². The first kappa shape index (κ1) is 16.7. The van der Waals surface area contributed by atoms with Crippen molar-refractivity contribution in [2.24, 2.45) is 5.92 Å². The standard InChI is InChI=1S/C16H26N2O2/c1-4-13(9-10-19)11-17-16(20)15-7-5-14(6-8-15)12-18(2)3/h5-8,13,19H,4,9-12H2,1-3H3,(H,17,20). The summed E-state index contributed by atoms with van der Waals surface area (Å²) in [6.07, 6.45) is 1.70. The molecule has 1 aromatic rings. The number of carbonyl (C=O) groups is 1. The third-order valence-electron chi connectivity index (χ3n) is 3.38. The highest BCUT2D eigenvalue weighted by atomic mass is 16.3. The summed E-state index contributed by atoms with van der Waals surface area (Å²) in [7, 11) is 4.04. The van der Waals surface area contributed by atoms with Gasteiger partial charge in [-0.25, -0.2) is 0 Å². The molecule has 0 aliphatic heterocycles. The van der Waals surface area contributed by atoms with Crippen molar-refractivity contribution < 1.29 is 9.90 Å². The van der Waals surface area contributed by atoms with E-state index < -0.39 is 0 Å². The molecule has 0 saturated heterocycles. The van der Waals surface area contributed by atoms with Gasteiger partial charge >= 0.3 is 0 Å². The molecule has 4 nitrogen and oxygen atoms in total. The molecule has 0 aromatic heterocycles. The number of hydrogen-bond donors (Lipinski definition) is 2. The molecule has 1 unspecified atom stereocenters. The summed E-state index contributed by atoms with van der Waals surface area (Å²) in [5, 5.41) is 11.9. The fraction of sp³-hybridized carbons (Fsp3) is 0.562. The number of aliphatic hydroxyl groups is 1. The summed E-state index contributed by atoms with van der Waals surface area (Å²) in [6, 6.07) is 7.70. The lowest BCUT2D eigenvalue weighted by Crippen LogP contribution is -2.29. The predicted molar refractivity (Wildman–Crippen MR) is 81.7 cm³/mol. The Hall–Kier alpha value is -1.39. The van der Waals surface area contributed by atoms with Crippen LogP contribution in [0.1, 0.15) is 35.7 Å². The first-order chi connectivity index (χ1) is 9.56. The number of aliphatic hydroxyl groups excluding tert-OH is 1. The van der Waals surface area contributed by atoms with Gasteiger partial charge in [-0.3, -0.25) is 4.79 Å². The molecule has 1 amide bonds. The van der Waals surface area contributed by atoms with Crippen molar-refractivity contribution in [2.75, 3.05) is 27.2 Å². The molecule has 0 fully saturated rings. The Kier molecular flexibility index (Phi) is 7.26. The summed E-state index contributed by atoms with van der Waals surface area (Å²) < 4.78 is 0. The number of nitrogens with zero attached hydrogens (tertiary/aromatic N) is 1. The van der Waals surface area contributed by atoms with Crippen molar-refractivity contribution in [3.8, 4) is 0 Å². The van der Waals surface area contributed by atoms with Gasteiger partial charge in [-0.15, -0.1) is 0 Å². The van der Waals surface area contributed by atoms with Gasteiger partial charge in [0.25, 0.3) is 5.91 Å². The lowest BCUT2D eigenvalue weighted by molar-refractivity contribution is 0.0943. The zero-order valence-electron chi connectivity index (χ0n) is 12.7. The molecule has 1 atom stereocenters. The highest BCUT2D eigenvalue weighted by molar-refractivity contribution is 5.94. The zero-order chi connectivity index (χ0) is 15.0. The Morgan fingerprint density at radius 1 is 1.30 bits per heavy atom. The molecular weight excluding hydrogens is 252 g/mol. The molecule has 112 valence electrons. The number of hydrogen-bond acceptors (Lipinski definition) is 3. The fourth-order valence-electron chi connectivity index (χ4n) is 2.10. The Morgan fingerprint density at radius 2 is 1.95 bits per heavy atom. The maximum Gasteiger partial charge on any atom is 0.251 e. The van der Waals surface area contributed by atoms with Gasteiger partial charge in [-0.05, 0) is 44.1 Å². The second-order valence-electron chi connectivity index (χ2n) is 5.43. The molecular formula is C16H26N2O2. The molecule has 2 N–H and O–H groups in total. The lowest BCUT2D eigenvalue weighted by atomic mass is 10.0. The molecule has 0 saturated carbocycles. The molecule has 0 aliphatic carbocycles. The van der Waals surface area contributed by atoms with E-state index >= 15 is 0 Å². The van der Waals surface area contributed by atoms with Crippen LogP contribution in [-0.4, -0.2) is 43.2 Å². The number of amides is 1. The van der Waals surface area contributed by atoms with E-state index in [2.05, 4.69) is 17.1 Å². The van der Waals surface area contributed by atoms with E-state index in [0.717, 1.165) is 19.4 Å². The van der Waals surface area contributed by atoms with Crippen molar-refractivity contribution in [3.05, 3.63) is 35.4 Å². The number of nitrogens with one attached hydrogen (secondary N) is 1. The molecule has 0 radical (unpaired) electrons. The van der Waals surface area contributed by atoms with E-state index in [9.17, 15) is 4.79 Å². The Morgan fingerprint density at radius 3 is 2.45 bits per heavy atom. The Labute approximate surface area is 121 Å². The summed E-state index contributed by atoms with van der Waals surface area (Å²) >= 11 is 0. The smallest absolute Gasteiger partial charge is 0.251 e. The van der Waals surface area contributed by atoms with E-state index in [1.807, 2.05) is 38.4 Å². The number of carbonyl (C=O) groups excluding carboxylic acids is 1. The fourth-order valence-corrected chi connectivity index (χ4v) is 2.10. The quantitative estimate of drug-likeness (QED) is 0.763. The third kappa shape index (κ3) is 5.72. The number of benzene rings is 1. The minimum Gasteiger partial charge on any atom is -0.396 e. The number of rotatable bonds is 8. The van der Waals surface area contributed by atoms with Crippen molar-refractivity contribution in [1.29, 1.82) is 0 Å². The van der Waals surface area contributed by atoms with E-state index in [1.165, 1.54) is 5.56 Å². The van der Waals surface area contributed by atoms with Crippen LogP contribution in [-0.2, 0) is 6.54 Å². The summed E-state index contributed by atoms with van der Waals surface area (Å²) in [5.41, 5.74) is 1.88. The molecule has 4 heteroatoms. The van der Waals surface area contributed by atoms with Gasteiger partial charge in [-0.1, -0.05) is 25.5 Å². The van der Waals surface area contributed by atoms with Crippen molar-refractivity contribution in [3.63, 3.8) is 0 Å². The molecule has 0 heterocycles. The minimum atomic E-state index is -0.0437. The normalized spacial score (nSPS) is 12.4. The topological polar surface area (TPSA) is 52.6 Å². The van der Waals surface area contributed by atoms with E-state index in [1.54, 1.807) is 0 Å². The van der Waals surface area contributed by atoms with Gasteiger partial charge in [0.1, 0.15) is 0 Å². The highest BCUT2D eigenvalue weighted by Gasteiger charge is 2.09. The summed E-state index contributed by atoms with van der Waals surface area (Å²) in [6.45, 7) is 3.74. The van der Waals surface area contributed by atoms with Crippen LogP contribution in [0.15, 0.2) is 24.3 Å². The largest absolute Gasteiger partial charge is 0.396 e. The monoisotopic (exact) mass is 278 g/mol. The minimum absolute atomic E-state index is 0.0437. The van der Waals surface area contributed by atoms with Crippen LogP contribution in [0.3, 0.4) is 0 Å². The summed E-state index contributed by atoms with van der Waals surface area (Å²) in [5.74, 6) is 0.301. The summed E-state index contributed by atoms with van der Waals surface area (Å²) in [4.78, 5) is 14.1. The molecule has 1 rings (SSSR count). The van der Waals surface area contributed by atoms with E-state index in [-0.39, 0.29) is 12.5 Å². The average Bonchev–Trinajstić information content (AvgIpc) is 2.43. The van der Waals surface area contributed by atoms with Gasteiger partial charge in [-0.2, -0.15) is 0 Å². The lowest BCUT2D eigenvalue weighted by Gasteiger charge is -2.14. The van der Waals surface area contributed by atoms with Crippen molar-refractivity contribution in [1.82, 2.24) is 10.2 Å². The SMILES string of the molecule is CCC(CCO)CNC(=O)c1ccc(CN(C)C)cc1. The van der Waals surface area contributed by atoms with Crippen LogP contribution in [0.2, 0.25) is 0 Å². The third-order valence-corrected chi connectivity index (χ3v) is 3.38. The molecule has 0 aliphatic rings. The van der Waals surface area contributed by atoms with E-state index in [4.69, 9.17) is 5.11 Å².